The second-order valence-electron chi connectivity index (χ2n) is 5.28. The molecule has 0 radical (unpaired) electrons. The van der Waals surface area contributed by atoms with Crippen molar-refractivity contribution in [1.82, 2.24) is 9.88 Å². The number of fused-ring (bicyclic) bond motifs is 2. The zero-order chi connectivity index (χ0) is 13.4. The molecule has 0 spiro atoms. The predicted molar refractivity (Wildman–Crippen MR) is 70.3 cm³/mol. The first kappa shape index (κ1) is 12.4. The quantitative estimate of drug-likeness (QED) is 0.533. The summed E-state index contributed by atoms with van der Waals surface area (Å²) in [7, 11) is 0. The Bertz CT molecular complexity index is 479. The topological polar surface area (TPSA) is 91.5 Å². The molecule has 2 fully saturated rings. The van der Waals surface area contributed by atoms with E-state index in [2.05, 4.69) is 10.4 Å². The van der Waals surface area contributed by atoms with Crippen LogP contribution in [0.2, 0.25) is 0 Å². The minimum atomic E-state index is -0.272. The fourth-order valence-electron chi connectivity index (χ4n) is 3.25. The standard InChI is InChI=1S/C13H18N4O2/c14-16-12-3-1-2-11(15-12)13(19)17-8-4-5-9(17)7-10(18)6-8/h1-3,8-10,18H,4-7,14H2,(H,15,16). The number of hydrogen-bond acceptors (Lipinski definition) is 5. The minimum Gasteiger partial charge on any atom is -0.393 e. The molecule has 3 rings (SSSR count). The summed E-state index contributed by atoms with van der Waals surface area (Å²) in [5.74, 6) is 5.73. The van der Waals surface area contributed by atoms with Crippen LogP contribution in [0.25, 0.3) is 0 Å². The fraction of sp³-hybridized carbons (Fsp3) is 0.538. The molecule has 3 heterocycles. The second-order valence-corrected chi connectivity index (χ2v) is 5.28. The number of aliphatic hydroxyl groups excluding tert-OH is 1. The Morgan fingerprint density at radius 3 is 2.68 bits per heavy atom. The number of pyridine rings is 1. The monoisotopic (exact) mass is 262 g/mol. The Morgan fingerprint density at radius 1 is 1.37 bits per heavy atom. The number of nitrogens with two attached hydrogens (primary N) is 1. The molecule has 1 aromatic heterocycles. The van der Waals surface area contributed by atoms with Gasteiger partial charge < -0.3 is 15.4 Å². The Morgan fingerprint density at radius 2 is 2.05 bits per heavy atom. The van der Waals surface area contributed by atoms with E-state index >= 15 is 0 Å². The number of nitrogens with one attached hydrogen (secondary N) is 1. The number of hydrogen-bond donors (Lipinski definition) is 3. The van der Waals surface area contributed by atoms with Gasteiger partial charge in [0.15, 0.2) is 0 Å². The normalized spacial score (nSPS) is 29.4. The van der Waals surface area contributed by atoms with Gasteiger partial charge in [0.25, 0.3) is 5.91 Å². The summed E-state index contributed by atoms with van der Waals surface area (Å²) >= 11 is 0. The lowest BCUT2D eigenvalue weighted by Crippen LogP contribution is -2.48. The van der Waals surface area contributed by atoms with Gasteiger partial charge in [0.1, 0.15) is 11.5 Å². The molecule has 2 atom stereocenters. The number of carbonyl (C=O) groups excluding carboxylic acids is 1. The van der Waals surface area contributed by atoms with E-state index in [1.807, 2.05) is 4.90 Å². The van der Waals surface area contributed by atoms with Crippen molar-refractivity contribution in [3.05, 3.63) is 23.9 Å². The number of hydrazine groups is 1. The van der Waals surface area contributed by atoms with Crippen molar-refractivity contribution in [2.24, 2.45) is 5.84 Å². The van der Waals surface area contributed by atoms with Gasteiger partial charge in [0.2, 0.25) is 0 Å². The molecule has 4 N–H and O–H groups in total. The lowest BCUT2D eigenvalue weighted by Gasteiger charge is -2.37. The van der Waals surface area contributed by atoms with E-state index in [9.17, 15) is 9.90 Å². The van der Waals surface area contributed by atoms with Gasteiger partial charge in [0.05, 0.1) is 6.10 Å². The number of anilines is 1. The fourth-order valence-corrected chi connectivity index (χ4v) is 3.25. The first-order valence-electron chi connectivity index (χ1n) is 6.63. The highest BCUT2D eigenvalue weighted by molar-refractivity contribution is 5.93. The Labute approximate surface area is 111 Å². The molecule has 6 heteroatoms. The van der Waals surface area contributed by atoms with E-state index in [0.29, 0.717) is 24.4 Å². The van der Waals surface area contributed by atoms with Gasteiger partial charge >= 0.3 is 0 Å². The average Bonchev–Trinajstić information content (AvgIpc) is 2.70. The lowest BCUT2D eigenvalue weighted by atomic mass is 9.99. The van der Waals surface area contributed by atoms with Crippen LogP contribution >= 0.6 is 0 Å². The molecule has 19 heavy (non-hydrogen) atoms. The first-order chi connectivity index (χ1) is 9.19. The van der Waals surface area contributed by atoms with E-state index in [-0.39, 0.29) is 24.1 Å². The highest BCUT2D eigenvalue weighted by Crippen LogP contribution is 2.36. The molecule has 0 aromatic carbocycles. The summed E-state index contributed by atoms with van der Waals surface area (Å²) in [4.78, 5) is 18.6. The molecule has 6 nitrogen and oxygen atoms in total. The van der Waals surface area contributed by atoms with Gasteiger partial charge in [-0.2, -0.15) is 0 Å². The number of aromatic nitrogens is 1. The van der Waals surface area contributed by atoms with Crippen LogP contribution in [0.3, 0.4) is 0 Å². The van der Waals surface area contributed by atoms with Crippen LogP contribution in [-0.2, 0) is 0 Å². The average molecular weight is 262 g/mol. The number of rotatable bonds is 2. The summed E-state index contributed by atoms with van der Waals surface area (Å²) in [6, 6.07) is 5.48. The number of nitrogen functional groups attached to an aromatic ring is 1. The van der Waals surface area contributed by atoms with Gasteiger partial charge in [-0.3, -0.25) is 4.79 Å². The van der Waals surface area contributed by atoms with Crippen molar-refractivity contribution >= 4 is 11.7 Å². The third-order valence-corrected chi connectivity index (χ3v) is 4.06. The van der Waals surface area contributed by atoms with E-state index in [4.69, 9.17) is 5.84 Å². The summed E-state index contributed by atoms with van der Waals surface area (Å²) in [6.07, 6.45) is 3.03. The molecule has 2 aliphatic rings. The Balaban J connectivity index is 1.84. The SMILES string of the molecule is NNc1cccc(C(=O)N2C3CCC2CC(O)C3)n1. The highest BCUT2D eigenvalue weighted by Gasteiger charge is 2.43. The lowest BCUT2D eigenvalue weighted by molar-refractivity contribution is 0.0282. The van der Waals surface area contributed by atoms with Gasteiger partial charge in [-0.1, -0.05) is 6.07 Å². The summed E-state index contributed by atoms with van der Waals surface area (Å²) in [6.45, 7) is 0. The van der Waals surface area contributed by atoms with E-state index in [1.165, 1.54) is 0 Å². The molecule has 2 unspecified atom stereocenters. The second kappa shape index (κ2) is 4.79. The van der Waals surface area contributed by atoms with Gasteiger partial charge in [-0.05, 0) is 37.8 Å². The van der Waals surface area contributed by atoms with E-state index < -0.39 is 0 Å². The van der Waals surface area contributed by atoms with Crippen LogP contribution in [0.15, 0.2) is 18.2 Å². The van der Waals surface area contributed by atoms with Crippen LogP contribution in [0.5, 0.6) is 0 Å². The van der Waals surface area contributed by atoms with Gasteiger partial charge in [-0.15, -0.1) is 0 Å². The van der Waals surface area contributed by atoms with Crippen molar-refractivity contribution in [3.8, 4) is 0 Å². The summed E-state index contributed by atoms with van der Waals surface area (Å²) < 4.78 is 0. The molecule has 2 saturated heterocycles. The van der Waals surface area contributed by atoms with Crippen LogP contribution in [0.1, 0.15) is 36.2 Å². The third-order valence-electron chi connectivity index (χ3n) is 4.06. The minimum absolute atomic E-state index is 0.0588. The first-order valence-corrected chi connectivity index (χ1v) is 6.63. The largest absolute Gasteiger partial charge is 0.393 e. The zero-order valence-electron chi connectivity index (χ0n) is 10.6. The van der Waals surface area contributed by atoms with E-state index in [1.54, 1.807) is 18.2 Å². The smallest absolute Gasteiger partial charge is 0.273 e. The number of amides is 1. The highest BCUT2D eigenvalue weighted by atomic mass is 16.3. The molecule has 2 bridgehead atoms. The van der Waals surface area contributed by atoms with Crippen molar-refractivity contribution in [2.45, 2.75) is 43.9 Å². The van der Waals surface area contributed by atoms with Crippen LogP contribution < -0.4 is 11.3 Å². The van der Waals surface area contributed by atoms with Crippen molar-refractivity contribution < 1.29 is 9.90 Å². The zero-order valence-corrected chi connectivity index (χ0v) is 10.6. The molecule has 2 aliphatic heterocycles. The third kappa shape index (κ3) is 2.17. The molecule has 0 saturated carbocycles. The summed E-state index contributed by atoms with van der Waals surface area (Å²) in [5, 5.41) is 9.76. The maximum atomic E-state index is 12.5. The number of piperidine rings is 1. The van der Waals surface area contributed by atoms with Crippen LogP contribution in [0, 0.1) is 0 Å². The van der Waals surface area contributed by atoms with E-state index in [0.717, 1.165) is 12.8 Å². The Hall–Kier alpha value is -1.66. The molecule has 0 aliphatic carbocycles. The maximum absolute atomic E-state index is 12.5. The molecule has 102 valence electrons. The molecule has 1 amide bonds. The van der Waals surface area contributed by atoms with Crippen molar-refractivity contribution in [1.29, 1.82) is 0 Å². The Kier molecular flexibility index (Phi) is 3.12. The predicted octanol–water partition coefficient (Wildman–Crippen LogP) is 0.495. The molecule has 1 aromatic rings. The summed E-state index contributed by atoms with van der Waals surface area (Å²) in [5.41, 5.74) is 2.85. The molecular weight excluding hydrogens is 244 g/mol. The van der Waals surface area contributed by atoms with Gasteiger partial charge in [0, 0.05) is 12.1 Å². The van der Waals surface area contributed by atoms with Crippen molar-refractivity contribution in [3.63, 3.8) is 0 Å². The maximum Gasteiger partial charge on any atom is 0.273 e. The van der Waals surface area contributed by atoms with Crippen LogP contribution in [0.4, 0.5) is 5.82 Å². The van der Waals surface area contributed by atoms with Gasteiger partial charge in [-0.25, -0.2) is 10.8 Å². The number of carbonyl (C=O) groups is 1. The number of nitrogens with zero attached hydrogens (tertiary/aromatic N) is 2. The number of aliphatic hydroxyl groups is 1. The van der Waals surface area contributed by atoms with Crippen LogP contribution in [-0.4, -0.2) is 39.1 Å². The van der Waals surface area contributed by atoms with Crippen molar-refractivity contribution in [2.75, 3.05) is 5.43 Å². The molecular formula is C13H18N4O2.